The first kappa shape index (κ1) is 8.30. The van der Waals surface area contributed by atoms with Crippen LogP contribution < -0.4 is 0 Å². The molecule has 0 unspecified atom stereocenters. The highest BCUT2D eigenvalue weighted by Gasteiger charge is 2.24. The number of nitrogens with zero attached hydrogens (tertiary/aromatic N) is 1. The molecule has 1 aromatic carbocycles. The molecule has 1 heterocycles. The normalized spacial score (nSPS) is 16.4. The standard InChI is InChI=1S/C11H9ClFN/c12-9-5-7-3-4-14(8-1-2-8)11(7)6-10(9)13/h3-6,8H,1-2H2. The molecule has 3 rings (SSSR count). The lowest BCUT2D eigenvalue weighted by Crippen LogP contribution is -1.90. The summed E-state index contributed by atoms with van der Waals surface area (Å²) in [6, 6.07) is 5.77. The highest BCUT2D eigenvalue weighted by molar-refractivity contribution is 6.31. The SMILES string of the molecule is Fc1cc2c(ccn2C2CC2)cc1Cl. The van der Waals surface area contributed by atoms with Crippen molar-refractivity contribution in [1.29, 1.82) is 0 Å². The molecule has 72 valence electrons. The van der Waals surface area contributed by atoms with Gasteiger partial charge in [-0.15, -0.1) is 0 Å². The van der Waals surface area contributed by atoms with Crippen LogP contribution in [0.1, 0.15) is 18.9 Å². The van der Waals surface area contributed by atoms with Crippen molar-refractivity contribution in [2.24, 2.45) is 0 Å². The molecule has 0 spiro atoms. The van der Waals surface area contributed by atoms with Crippen molar-refractivity contribution in [3.8, 4) is 0 Å². The van der Waals surface area contributed by atoms with Gasteiger partial charge < -0.3 is 4.57 Å². The molecule has 1 saturated carbocycles. The van der Waals surface area contributed by atoms with Gasteiger partial charge in [0.1, 0.15) is 5.82 Å². The summed E-state index contributed by atoms with van der Waals surface area (Å²) in [5, 5.41) is 1.22. The van der Waals surface area contributed by atoms with Crippen LogP contribution in [0.5, 0.6) is 0 Å². The first-order valence-electron chi connectivity index (χ1n) is 4.71. The Morgan fingerprint density at radius 3 is 2.86 bits per heavy atom. The summed E-state index contributed by atoms with van der Waals surface area (Å²) in [4.78, 5) is 0. The molecule has 1 aliphatic carbocycles. The first-order chi connectivity index (χ1) is 6.75. The summed E-state index contributed by atoms with van der Waals surface area (Å²) in [6.45, 7) is 0. The fraction of sp³-hybridized carbons (Fsp3) is 0.273. The second-order valence-corrected chi connectivity index (χ2v) is 4.19. The predicted molar refractivity (Wildman–Crippen MR) is 55.2 cm³/mol. The number of aromatic nitrogens is 1. The lowest BCUT2D eigenvalue weighted by Gasteiger charge is -2.02. The Labute approximate surface area is 86.1 Å². The minimum atomic E-state index is -0.334. The van der Waals surface area contributed by atoms with Gasteiger partial charge in [-0.25, -0.2) is 4.39 Å². The van der Waals surface area contributed by atoms with Gasteiger partial charge in [0, 0.05) is 17.6 Å². The average Bonchev–Trinajstić information content (AvgIpc) is 2.91. The van der Waals surface area contributed by atoms with E-state index in [-0.39, 0.29) is 10.8 Å². The van der Waals surface area contributed by atoms with Crippen LogP contribution in [0.4, 0.5) is 4.39 Å². The Bertz CT molecular complexity index is 499. The van der Waals surface area contributed by atoms with Crippen molar-refractivity contribution in [2.75, 3.05) is 0 Å². The molecule has 1 fully saturated rings. The van der Waals surface area contributed by atoms with Gasteiger partial charge in [-0.1, -0.05) is 11.6 Å². The monoisotopic (exact) mass is 209 g/mol. The maximum absolute atomic E-state index is 13.2. The third-order valence-electron chi connectivity index (χ3n) is 2.70. The number of hydrogen-bond donors (Lipinski definition) is 0. The third-order valence-corrected chi connectivity index (χ3v) is 2.99. The topological polar surface area (TPSA) is 4.93 Å². The minimum Gasteiger partial charge on any atom is -0.344 e. The molecule has 0 atom stereocenters. The Kier molecular flexibility index (Phi) is 1.62. The van der Waals surface area contributed by atoms with Gasteiger partial charge >= 0.3 is 0 Å². The Hall–Kier alpha value is -1.02. The minimum absolute atomic E-state index is 0.200. The maximum atomic E-state index is 13.2. The zero-order valence-electron chi connectivity index (χ0n) is 7.50. The zero-order chi connectivity index (χ0) is 9.71. The number of hydrogen-bond acceptors (Lipinski definition) is 0. The fourth-order valence-corrected chi connectivity index (χ4v) is 1.99. The maximum Gasteiger partial charge on any atom is 0.143 e. The molecule has 3 heteroatoms. The zero-order valence-corrected chi connectivity index (χ0v) is 8.26. The van der Waals surface area contributed by atoms with Gasteiger partial charge in [-0.2, -0.15) is 0 Å². The number of benzene rings is 1. The van der Waals surface area contributed by atoms with Crippen LogP contribution in [0.15, 0.2) is 24.4 Å². The molecular formula is C11H9ClFN. The van der Waals surface area contributed by atoms with E-state index >= 15 is 0 Å². The Morgan fingerprint density at radius 2 is 2.14 bits per heavy atom. The van der Waals surface area contributed by atoms with Crippen LogP contribution >= 0.6 is 11.6 Å². The summed E-state index contributed by atoms with van der Waals surface area (Å²) in [6.07, 6.45) is 4.42. The van der Waals surface area contributed by atoms with Crippen molar-refractivity contribution in [3.05, 3.63) is 35.2 Å². The van der Waals surface area contributed by atoms with E-state index in [2.05, 4.69) is 4.57 Å². The van der Waals surface area contributed by atoms with Crippen molar-refractivity contribution in [3.63, 3.8) is 0 Å². The summed E-state index contributed by atoms with van der Waals surface area (Å²) in [7, 11) is 0. The van der Waals surface area contributed by atoms with Gasteiger partial charge in [0.2, 0.25) is 0 Å². The van der Waals surface area contributed by atoms with Crippen LogP contribution in [0.2, 0.25) is 5.02 Å². The Balaban J connectivity index is 2.29. The van der Waals surface area contributed by atoms with Gasteiger partial charge in [-0.3, -0.25) is 0 Å². The van der Waals surface area contributed by atoms with Crippen LogP contribution in [0, 0.1) is 5.82 Å². The van der Waals surface area contributed by atoms with E-state index in [4.69, 9.17) is 11.6 Å². The average molecular weight is 210 g/mol. The molecule has 1 aromatic heterocycles. The number of rotatable bonds is 1. The van der Waals surface area contributed by atoms with Gasteiger partial charge in [0.05, 0.1) is 10.5 Å². The van der Waals surface area contributed by atoms with Crippen molar-refractivity contribution >= 4 is 22.5 Å². The lowest BCUT2D eigenvalue weighted by atomic mass is 10.2. The predicted octanol–water partition coefficient (Wildman–Crippen LogP) is 3.77. The smallest absolute Gasteiger partial charge is 0.143 e. The van der Waals surface area contributed by atoms with E-state index in [0.29, 0.717) is 6.04 Å². The van der Waals surface area contributed by atoms with Crippen molar-refractivity contribution in [2.45, 2.75) is 18.9 Å². The molecule has 0 aliphatic heterocycles. The quantitative estimate of drug-likeness (QED) is 0.674. The molecule has 1 nitrogen and oxygen atoms in total. The summed E-state index contributed by atoms with van der Waals surface area (Å²) >= 11 is 5.71. The first-order valence-corrected chi connectivity index (χ1v) is 5.09. The van der Waals surface area contributed by atoms with E-state index in [0.717, 1.165) is 10.9 Å². The second-order valence-electron chi connectivity index (χ2n) is 3.78. The van der Waals surface area contributed by atoms with Gasteiger partial charge in [0.15, 0.2) is 0 Å². The van der Waals surface area contributed by atoms with Gasteiger partial charge in [-0.05, 0) is 31.0 Å². The van der Waals surface area contributed by atoms with E-state index < -0.39 is 0 Å². The second kappa shape index (κ2) is 2.74. The van der Waals surface area contributed by atoms with Crippen molar-refractivity contribution in [1.82, 2.24) is 4.57 Å². The molecule has 0 N–H and O–H groups in total. The molecule has 2 aromatic rings. The lowest BCUT2D eigenvalue weighted by molar-refractivity contribution is 0.628. The number of fused-ring (bicyclic) bond motifs is 1. The van der Waals surface area contributed by atoms with Crippen molar-refractivity contribution < 1.29 is 4.39 Å². The fourth-order valence-electron chi connectivity index (χ4n) is 1.82. The molecular weight excluding hydrogens is 201 g/mol. The molecule has 14 heavy (non-hydrogen) atoms. The largest absolute Gasteiger partial charge is 0.344 e. The van der Waals surface area contributed by atoms with Crippen LogP contribution in [0.3, 0.4) is 0 Å². The molecule has 0 saturated heterocycles. The van der Waals surface area contributed by atoms with E-state index in [1.165, 1.54) is 18.9 Å². The van der Waals surface area contributed by atoms with Crippen LogP contribution in [-0.2, 0) is 0 Å². The number of halogens is 2. The highest BCUT2D eigenvalue weighted by Crippen LogP contribution is 2.38. The summed E-state index contributed by atoms with van der Waals surface area (Å²) in [5.74, 6) is -0.334. The highest BCUT2D eigenvalue weighted by atomic mass is 35.5. The third kappa shape index (κ3) is 1.14. The van der Waals surface area contributed by atoms with E-state index in [9.17, 15) is 4.39 Å². The van der Waals surface area contributed by atoms with E-state index in [1.54, 1.807) is 6.07 Å². The molecule has 0 amide bonds. The molecule has 1 aliphatic rings. The summed E-state index contributed by atoms with van der Waals surface area (Å²) < 4.78 is 15.4. The van der Waals surface area contributed by atoms with Crippen LogP contribution in [0.25, 0.3) is 10.9 Å². The van der Waals surface area contributed by atoms with Gasteiger partial charge in [0.25, 0.3) is 0 Å². The van der Waals surface area contributed by atoms with Crippen LogP contribution in [-0.4, -0.2) is 4.57 Å². The Morgan fingerprint density at radius 1 is 1.36 bits per heavy atom. The summed E-state index contributed by atoms with van der Waals surface area (Å²) in [5.41, 5.74) is 0.953. The molecule has 0 radical (unpaired) electrons. The molecule has 0 bridgehead atoms. The van der Waals surface area contributed by atoms with E-state index in [1.807, 2.05) is 12.3 Å².